The zero-order chi connectivity index (χ0) is 19.9. The molecule has 0 radical (unpaired) electrons. The molecule has 0 amide bonds. The monoisotopic (exact) mass is 376 g/mol. The number of esters is 2. The number of allylic oxidation sites excluding steroid dienone is 1. The summed E-state index contributed by atoms with van der Waals surface area (Å²) in [7, 11) is 0. The molecule has 0 aromatic rings. The molecule has 0 aromatic heterocycles. The van der Waals surface area contributed by atoms with Crippen LogP contribution in [-0.4, -0.2) is 52.9 Å². The van der Waals surface area contributed by atoms with Crippen LogP contribution in [0.3, 0.4) is 0 Å². The zero-order valence-electron chi connectivity index (χ0n) is 15.0. The van der Waals surface area contributed by atoms with Gasteiger partial charge in [0.05, 0.1) is 24.4 Å². The summed E-state index contributed by atoms with van der Waals surface area (Å²) in [5.74, 6) is -1.80. The van der Waals surface area contributed by atoms with Gasteiger partial charge in [0.15, 0.2) is 5.60 Å². The van der Waals surface area contributed by atoms with Crippen molar-refractivity contribution < 1.29 is 38.8 Å². The van der Waals surface area contributed by atoms with Crippen molar-refractivity contribution in [2.45, 2.75) is 32.0 Å². The molecule has 2 N–H and O–H groups in total. The first-order valence-corrected chi connectivity index (χ1v) is 8.44. The predicted octanol–water partition coefficient (Wildman–Crippen LogP) is 0.458. The van der Waals surface area contributed by atoms with E-state index in [1.54, 1.807) is 13.8 Å². The lowest BCUT2D eigenvalue weighted by molar-refractivity contribution is -0.143. The van der Waals surface area contributed by atoms with E-state index in [1.165, 1.54) is 12.2 Å². The molecule has 0 spiro atoms. The summed E-state index contributed by atoms with van der Waals surface area (Å²) >= 11 is 0. The highest BCUT2D eigenvalue weighted by Crippen LogP contribution is 2.41. The first-order valence-electron chi connectivity index (χ1n) is 8.44. The molecule has 0 saturated carbocycles. The minimum absolute atomic E-state index is 0.0102. The number of rotatable bonds is 4. The molecule has 144 valence electrons. The van der Waals surface area contributed by atoms with E-state index in [0.717, 1.165) is 0 Å². The predicted molar refractivity (Wildman–Crippen MR) is 90.8 cm³/mol. The third kappa shape index (κ3) is 3.22. The lowest BCUT2D eigenvalue weighted by Gasteiger charge is -2.23. The van der Waals surface area contributed by atoms with Gasteiger partial charge >= 0.3 is 11.9 Å². The van der Waals surface area contributed by atoms with Crippen LogP contribution in [0.4, 0.5) is 0 Å². The van der Waals surface area contributed by atoms with E-state index in [-0.39, 0.29) is 40.6 Å². The standard InChI is InChI=1S/C19H20O8/c1-9-4-13(25-17(23)10(2)7-20)16-11(8-21)18(24)26-14(16)6-19(3)15(22)5-12(9)27-19/h5-6,9,13,20-21H,2,4,7-8H2,1,3H3/b14-6+/t9-,13-,19-/m0/s1. The first-order chi connectivity index (χ1) is 12.7. The Labute approximate surface area is 155 Å². The Balaban J connectivity index is 2.11. The molecule has 8 heteroatoms. The van der Waals surface area contributed by atoms with Crippen LogP contribution in [0, 0.1) is 5.92 Å². The molecular weight excluding hydrogens is 356 g/mol. The molecular formula is C19H20O8. The van der Waals surface area contributed by atoms with Crippen molar-refractivity contribution in [1.29, 1.82) is 0 Å². The summed E-state index contributed by atoms with van der Waals surface area (Å²) in [6.45, 7) is 5.56. The fraction of sp³-hybridized carbons (Fsp3) is 0.421. The second kappa shape index (κ2) is 6.79. The van der Waals surface area contributed by atoms with Crippen LogP contribution in [0.25, 0.3) is 0 Å². The Morgan fingerprint density at radius 2 is 2.11 bits per heavy atom. The van der Waals surface area contributed by atoms with Crippen LogP contribution < -0.4 is 0 Å². The van der Waals surface area contributed by atoms with Gasteiger partial charge < -0.3 is 24.4 Å². The van der Waals surface area contributed by atoms with E-state index in [9.17, 15) is 19.5 Å². The van der Waals surface area contributed by atoms with Gasteiger partial charge in [-0.15, -0.1) is 0 Å². The average Bonchev–Trinajstić information content (AvgIpc) is 3.09. The van der Waals surface area contributed by atoms with Gasteiger partial charge in [-0.05, 0) is 13.3 Å². The quantitative estimate of drug-likeness (QED) is 0.536. The minimum Gasteiger partial charge on any atom is -0.479 e. The van der Waals surface area contributed by atoms with Crippen molar-refractivity contribution in [2.75, 3.05) is 13.2 Å². The third-order valence-electron chi connectivity index (χ3n) is 4.80. The summed E-state index contributed by atoms with van der Waals surface area (Å²) in [5, 5.41) is 18.7. The second-order valence-electron chi connectivity index (χ2n) is 6.86. The molecule has 0 fully saturated rings. The third-order valence-corrected chi connectivity index (χ3v) is 4.80. The van der Waals surface area contributed by atoms with Gasteiger partial charge in [0.1, 0.15) is 17.6 Å². The van der Waals surface area contributed by atoms with E-state index in [0.29, 0.717) is 5.76 Å². The summed E-state index contributed by atoms with van der Waals surface area (Å²) in [4.78, 5) is 36.7. The Bertz CT molecular complexity index is 831. The smallest absolute Gasteiger partial charge is 0.342 e. The molecule has 3 aliphatic rings. The summed E-state index contributed by atoms with van der Waals surface area (Å²) in [6, 6.07) is 0. The van der Waals surface area contributed by atoms with Gasteiger partial charge in [0.2, 0.25) is 5.78 Å². The number of aliphatic hydroxyl groups excluding tert-OH is 2. The number of fused-ring (bicyclic) bond motifs is 3. The molecule has 0 aromatic carbocycles. The summed E-state index contributed by atoms with van der Waals surface area (Å²) in [6.07, 6.45) is 1.95. The number of carbonyl (C=O) groups is 3. The molecule has 0 aliphatic carbocycles. The van der Waals surface area contributed by atoms with Crippen LogP contribution in [0.5, 0.6) is 0 Å². The van der Waals surface area contributed by atoms with Gasteiger partial charge in [-0.2, -0.15) is 0 Å². The first kappa shape index (κ1) is 19.1. The van der Waals surface area contributed by atoms with Gasteiger partial charge in [-0.1, -0.05) is 13.5 Å². The maximum atomic E-state index is 12.4. The molecule has 3 aliphatic heterocycles. The molecule has 3 atom stereocenters. The van der Waals surface area contributed by atoms with Crippen LogP contribution >= 0.6 is 0 Å². The van der Waals surface area contributed by atoms with E-state index in [2.05, 4.69) is 6.58 Å². The number of ether oxygens (including phenoxy) is 3. The maximum absolute atomic E-state index is 12.4. The molecule has 8 nitrogen and oxygen atoms in total. The van der Waals surface area contributed by atoms with Crippen molar-refractivity contribution >= 4 is 17.7 Å². The minimum atomic E-state index is -1.36. The van der Waals surface area contributed by atoms with Crippen LogP contribution in [0.2, 0.25) is 0 Å². The van der Waals surface area contributed by atoms with E-state index < -0.39 is 36.9 Å². The van der Waals surface area contributed by atoms with Crippen LogP contribution in [0.1, 0.15) is 20.3 Å². The van der Waals surface area contributed by atoms with Gasteiger partial charge in [-0.25, -0.2) is 9.59 Å². The fourth-order valence-electron chi connectivity index (χ4n) is 3.21. The number of carbonyl (C=O) groups excluding carboxylic acids is 3. The van der Waals surface area contributed by atoms with Gasteiger partial charge in [-0.3, -0.25) is 4.79 Å². The molecule has 3 rings (SSSR count). The lowest BCUT2D eigenvalue weighted by Crippen LogP contribution is -2.31. The number of aliphatic hydroxyl groups is 2. The molecule has 27 heavy (non-hydrogen) atoms. The largest absolute Gasteiger partial charge is 0.479 e. The second-order valence-corrected chi connectivity index (χ2v) is 6.86. The van der Waals surface area contributed by atoms with E-state index >= 15 is 0 Å². The normalized spacial score (nSPS) is 31.6. The van der Waals surface area contributed by atoms with Crippen LogP contribution in [0.15, 0.2) is 47.0 Å². The van der Waals surface area contributed by atoms with Gasteiger partial charge in [0, 0.05) is 23.6 Å². The molecule has 2 bridgehead atoms. The van der Waals surface area contributed by atoms with Crippen molar-refractivity contribution in [3.63, 3.8) is 0 Å². The Kier molecular flexibility index (Phi) is 4.79. The highest BCUT2D eigenvalue weighted by atomic mass is 16.6. The summed E-state index contributed by atoms with van der Waals surface area (Å²) in [5.41, 5.74) is -1.37. The number of hydrogen-bond acceptors (Lipinski definition) is 8. The van der Waals surface area contributed by atoms with Crippen molar-refractivity contribution in [1.82, 2.24) is 0 Å². The zero-order valence-corrected chi connectivity index (χ0v) is 15.0. The lowest BCUT2D eigenvalue weighted by atomic mass is 9.90. The fourth-order valence-corrected chi connectivity index (χ4v) is 3.21. The molecule has 3 heterocycles. The van der Waals surface area contributed by atoms with Crippen molar-refractivity contribution in [3.8, 4) is 0 Å². The Morgan fingerprint density at radius 1 is 1.41 bits per heavy atom. The van der Waals surface area contributed by atoms with Gasteiger partial charge in [0.25, 0.3) is 0 Å². The molecule has 0 unspecified atom stereocenters. The molecule has 0 saturated heterocycles. The highest BCUT2D eigenvalue weighted by Gasteiger charge is 2.46. The number of hydrogen-bond donors (Lipinski definition) is 2. The van der Waals surface area contributed by atoms with E-state index in [1.807, 2.05) is 0 Å². The van der Waals surface area contributed by atoms with Crippen molar-refractivity contribution in [2.24, 2.45) is 5.92 Å². The van der Waals surface area contributed by atoms with Crippen molar-refractivity contribution in [3.05, 3.63) is 47.0 Å². The SMILES string of the molecule is C=C(CO)C(=O)O[C@H]1C[C@H](C)C2=CC(=O)[C@](C)(/C=C3/OC(=O)C(CO)=C31)O2. The summed E-state index contributed by atoms with van der Waals surface area (Å²) < 4.78 is 16.5. The van der Waals surface area contributed by atoms with Crippen LogP contribution in [-0.2, 0) is 28.6 Å². The van der Waals surface area contributed by atoms with E-state index in [4.69, 9.17) is 19.3 Å². The highest BCUT2D eigenvalue weighted by molar-refractivity contribution is 6.02. The maximum Gasteiger partial charge on any atom is 0.342 e. The Morgan fingerprint density at radius 3 is 2.74 bits per heavy atom. The average molecular weight is 376 g/mol. The topological polar surface area (TPSA) is 119 Å². The number of ketones is 1. The Hall–Kier alpha value is -2.71.